The Hall–Kier alpha value is -2.12. The van der Waals surface area contributed by atoms with Gasteiger partial charge in [0.05, 0.1) is 33.0 Å². The first-order valence-corrected chi connectivity index (χ1v) is 18.7. The molecule has 3 aliphatic heterocycles. The molecule has 3 amide bonds. The molecule has 0 aromatic heterocycles. The Morgan fingerprint density at radius 3 is 1.54 bits per heavy atom. The fourth-order valence-corrected chi connectivity index (χ4v) is 6.56. The van der Waals surface area contributed by atoms with Gasteiger partial charge in [-0.15, -0.1) is 0 Å². The molecular formula is C29H52N3O23P. The van der Waals surface area contributed by atoms with Gasteiger partial charge in [-0.1, -0.05) is 0 Å². The molecule has 0 aliphatic carbocycles. The molecular weight excluding hydrogens is 789 g/mol. The zero-order valence-electron chi connectivity index (χ0n) is 30.2. The third kappa shape index (κ3) is 12.7. The number of carbonyl (C=O) groups is 3. The van der Waals surface area contributed by atoms with Crippen LogP contribution in [0.4, 0.5) is 0 Å². The number of aliphatic hydroxyl groups excluding tert-OH is 10. The van der Waals surface area contributed by atoms with E-state index in [1.807, 2.05) is 0 Å². The molecule has 3 fully saturated rings. The molecule has 56 heavy (non-hydrogen) atoms. The summed E-state index contributed by atoms with van der Waals surface area (Å²) in [4.78, 5) is 54.3. The van der Waals surface area contributed by atoms with Crippen molar-refractivity contribution in [2.24, 2.45) is 0 Å². The van der Waals surface area contributed by atoms with E-state index in [4.69, 9.17) is 38.2 Å². The summed E-state index contributed by atoms with van der Waals surface area (Å²) in [6.45, 7) is -1.53. The summed E-state index contributed by atoms with van der Waals surface area (Å²) in [5.41, 5.74) is 0. The first kappa shape index (κ1) is 48.3. The minimum atomic E-state index is -5.06. The summed E-state index contributed by atoms with van der Waals surface area (Å²) in [5.74, 6) is -2.26. The zero-order chi connectivity index (χ0) is 42.2. The molecule has 27 heteroatoms. The van der Waals surface area contributed by atoms with Crippen LogP contribution in [-0.2, 0) is 51.9 Å². The first-order chi connectivity index (χ1) is 26.1. The lowest BCUT2D eigenvalue weighted by Crippen LogP contribution is -2.71. The van der Waals surface area contributed by atoms with E-state index >= 15 is 0 Å². The van der Waals surface area contributed by atoms with Gasteiger partial charge in [-0.3, -0.25) is 18.9 Å². The van der Waals surface area contributed by atoms with Gasteiger partial charge < -0.3 is 105 Å². The van der Waals surface area contributed by atoms with Crippen LogP contribution in [0.1, 0.15) is 20.8 Å². The van der Waals surface area contributed by atoms with Crippen molar-refractivity contribution in [1.82, 2.24) is 16.0 Å². The number of carbonyl (C=O) groups excluding carboxylic acids is 3. The monoisotopic (exact) mass is 841 g/mol. The number of phosphoric ester groups is 1. The van der Waals surface area contributed by atoms with Crippen molar-refractivity contribution >= 4 is 25.5 Å². The van der Waals surface area contributed by atoms with Crippen molar-refractivity contribution in [3.05, 3.63) is 0 Å². The number of hydrogen-bond donors (Lipinski definition) is 15. The van der Waals surface area contributed by atoms with Crippen LogP contribution in [0.5, 0.6) is 0 Å². The summed E-state index contributed by atoms with van der Waals surface area (Å²) in [7, 11) is -5.06. The molecule has 0 radical (unpaired) electrons. The fourth-order valence-electron chi connectivity index (χ4n) is 6.22. The number of nitrogens with one attached hydrogen (secondary N) is 3. The molecule has 3 aliphatic rings. The van der Waals surface area contributed by atoms with E-state index < -0.39 is 169 Å². The summed E-state index contributed by atoms with van der Waals surface area (Å²) in [6.07, 6.45) is -26.7. The third-order valence-electron chi connectivity index (χ3n) is 8.91. The van der Waals surface area contributed by atoms with E-state index in [9.17, 15) is 70.0 Å². The average Bonchev–Trinajstić information content (AvgIpc) is 3.12. The van der Waals surface area contributed by atoms with Crippen LogP contribution in [0.2, 0.25) is 0 Å². The molecule has 326 valence electrons. The smallest absolute Gasteiger partial charge is 0.394 e. The van der Waals surface area contributed by atoms with E-state index in [2.05, 4.69) is 20.5 Å². The van der Waals surface area contributed by atoms with Crippen LogP contribution in [-0.4, -0.2) is 222 Å². The molecule has 18 atom stereocenters. The van der Waals surface area contributed by atoms with E-state index in [0.29, 0.717) is 0 Å². The largest absolute Gasteiger partial charge is 0.469 e. The Balaban J connectivity index is 1.90. The second kappa shape index (κ2) is 21.2. The molecule has 3 heterocycles. The van der Waals surface area contributed by atoms with Crippen LogP contribution in [0.25, 0.3) is 0 Å². The number of aliphatic hydroxyl groups is 10. The molecule has 0 spiro atoms. The second-order valence-corrected chi connectivity index (χ2v) is 14.5. The van der Waals surface area contributed by atoms with Crippen LogP contribution in [0.3, 0.4) is 0 Å². The van der Waals surface area contributed by atoms with Gasteiger partial charge in [-0.25, -0.2) is 4.57 Å². The molecule has 3 rings (SSSR count). The zero-order valence-corrected chi connectivity index (χ0v) is 31.1. The third-order valence-corrected chi connectivity index (χ3v) is 9.40. The van der Waals surface area contributed by atoms with E-state index in [1.54, 1.807) is 0 Å². The molecule has 3 saturated heterocycles. The maximum Gasteiger partial charge on any atom is 0.469 e. The minimum absolute atomic E-state index is 0.701. The quantitative estimate of drug-likeness (QED) is 0.0570. The lowest BCUT2D eigenvalue weighted by molar-refractivity contribution is -0.351. The van der Waals surface area contributed by atoms with Crippen LogP contribution in [0.15, 0.2) is 0 Å². The molecule has 0 bridgehead atoms. The summed E-state index contributed by atoms with van der Waals surface area (Å²) < 4.78 is 49.5. The summed E-state index contributed by atoms with van der Waals surface area (Å²) in [5, 5.41) is 112. The molecule has 26 nitrogen and oxygen atoms in total. The van der Waals surface area contributed by atoms with Crippen molar-refractivity contribution in [2.45, 2.75) is 131 Å². The van der Waals surface area contributed by atoms with Crippen molar-refractivity contribution in [3.63, 3.8) is 0 Å². The molecule has 0 aromatic rings. The standard InChI is InChI=1S/C29H52N3O23P/c1-9(36)30-17-23(44)21(42)14(4-33)52-28(17)54-25-16(6-35)53-29(18(24(25)45)31-10(2)37)55-26-19(32-11(3)38)27(51-15(5-34)22(26)43)49-7-12(39)20(41)13(40)8-50-56(46,47)48/h12-29,33-35,39-45H,4-8H2,1-3H3,(H,30,36)(H,31,37)(H,32,38)(H2,46,47,48)/t12-,13+,14+,15+,16+,17+,18+,19+,20-,21+,22-,23+,24+,25-,26+,27+,28+,29+/m0/s1. The van der Waals surface area contributed by atoms with Gasteiger partial charge in [0.1, 0.15) is 91.4 Å². The molecule has 0 saturated carbocycles. The van der Waals surface area contributed by atoms with Crippen molar-refractivity contribution in [1.29, 1.82) is 0 Å². The van der Waals surface area contributed by atoms with Crippen molar-refractivity contribution in [2.75, 3.05) is 33.0 Å². The molecule has 0 aromatic carbocycles. The average molecular weight is 842 g/mol. The van der Waals surface area contributed by atoms with Gasteiger partial charge in [0.15, 0.2) is 18.9 Å². The Morgan fingerprint density at radius 2 is 1.04 bits per heavy atom. The lowest BCUT2D eigenvalue weighted by Gasteiger charge is -2.50. The normalized spacial score (nSPS) is 38.2. The highest BCUT2D eigenvalue weighted by atomic mass is 31.2. The number of hydrogen-bond acceptors (Lipinski definition) is 21. The number of phosphoric acid groups is 1. The topological polar surface area (TPSA) is 412 Å². The Bertz CT molecular complexity index is 1330. The van der Waals surface area contributed by atoms with Gasteiger partial charge in [-0.05, 0) is 0 Å². The maximum absolute atomic E-state index is 12.4. The highest BCUT2D eigenvalue weighted by molar-refractivity contribution is 7.46. The van der Waals surface area contributed by atoms with Crippen LogP contribution >= 0.6 is 7.82 Å². The van der Waals surface area contributed by atoms with E-state index in [-0.39, 0.29) is 0 Å². The van der Waals surface area contributed by atoms with Crippen LogP contribution < -0.4 is 16.0 Å². The SMILES string of the molecule is CC(=O)N[C@H]1[C@@H](O[C@H]2[C@@H](O)[C@@H](CO)O[C@@H](OC[C@H](O)[C@H](O)[C@H](O)COP(=O)(O)O)[C@@H]2NC(C)=O)O[C@H](CO)[C@H](O[C@H]2O[C@H](CO)[C@@H](O)[C@H](O)[C@H]2NC(C)=O)[C@@H]1O. The van der Waals surface area contributed by atoms with Gasteiger partial charge in [0, 0.05) is 20.8 Å². The first-order valence-electron chi connectivity index (χ1n) is 17.1. The number of amides is 3. The van der Waals surface area contributed by atoms with Crippen LogP contribution in [0, 0.1) is 0 Å². The van der Waals surface area contributed by atoms with E-state index in [0.717, 1.165) is 20.8 Å². The van der Waals surface area contributed by atoms with Gasteiger partial charge in [-0.2, -0.15) is 0 Å². The Morgan fingerprint density at radius 1 is 0.607 bits per heavy atom. The number of rotatable bonds is 18. The highest BCUT2D eigenvalue weighted by Crippen LogP contribution is 2.36. The van der Waals surface area contributed by atoms with Gasteiger partial charge in [0.25, 0.3) is 0 Å². The maximum atomic E-state index is 12.4. The predicted molar refractivity (Wildman–Crippen MR) is 176 cm³/mol. The summed E-state index contributed by atoms with van der Waals surface area (Å²) >= 11 is 0. The van der Waals surface area contributed by atoms with Crippen molar-refractivity contribution in [3.8, 4) is 0 Å². The highest BCUT2D eigenvalue weighted by Gasteiger charge is 2.55. The predicted octanol–water partition coefficient (Wildman–Crippen LogP) is -8.93. The minimum Gasteiger partial charge on any atom is -0.394 e. The fraction of sp³-hybridized carbons (Fsp3) is 0.897. The molecule has 15 N–H and O–H groups in total. The second-order valence-electron chi connectivity index (χ2n) is 13.3. The molecule has 0 unspecified atom stereocenters. The van der Waals surface area contributed by atoms with E-state index in [1.165, 1.54) is 0 Å². The Kier molecular flexibility index (Phi) is 18.3. The number of ether oxygens (including phenoxy) is 6. The Labute approximate surface area is 318 Å². The van der Waals surface area contributed by atoms with Gasteiger partial charge >= 0.3 is 7.82 Å². The van der Waals surface area contributed by atoms with Crippen molar-refractivity contribution < 1.29 is 113 Å². The lowest BCUT2D eigenvalue weighted by atomic mass is 9.93. The summed E-state index contributed by atoms with van der Waals surface area (Å²) in [6, 6.07) is -4.74. The van der Waals surface area contributed by atoms with Gasteiger partial charge in [0.2, 0.25) is 17.7 Å².